The van der Waals surface area contributed by atoms with Gasteiger partial charge < -0.3 is 35.0 Å². The number of hydrogen-bond donors (Lipinski definition) is 4. The first kappa shape index (κ1) is 56.0. The standard InChI is InChI=1S/C59H65N11O9S2/c1-8-23-78-45-12-10-13-46(27-45)79-52-29-50-49(66(6)59(75)67(50)7)28-48(52)65-81(76,77)47-14-9-11-41(24-47)56(72)64-43-20-22-68(32-43)53-25-40(19-21-60-53)42-30-62-70(31-42)54(35(2)3)58(74)69-33-44(71)26-51(69)57(73)63-36(4)38-15-17-39(18-16-38)55-37(5)61-34-80-55/h9-19,21,24-25,27-31,34-36,43-44,51,54,65,71H,8,20,22-23,26,32-33H2,1-7H3,(H,63,73)(H,64,72)/t36-,43-,44+,51-,54?/m0/s1. The van der Waals surface area contributed by atoms with Gasteiger partial charge in [0.2, 0.25) is 11.8 Å². The lowest BCUT2D eigenvalue weighted by Gasteiger charge is -2.30. The molecule has 2 aliphatic rings. The Morgan fingerprint density at radius 2 is 1.63 bits per heavy atom. The molecule has 20 nitrogen and oxygen atoms in total. The number of nitrogens with zero attached hydrogens (tertiary/aromatic N) is 8. The molecule has 4 aromatic heterocycles. The van der Waals surface area contributed by atoms with Crippen molar-refractivity contribution < 1.29 is 37.4 Å². The summed E-state index contributed by atoms with van der Waals surface area (Å²) in [4.78, 5) is 68.7. The fraction of sp³-hybridized carbons (Fsp3) is 0.339. The van der Waals surface area contributed by atoms with Gasteiger partial charge in [-0.25, -0.2) is 23.2 Å². The molecular weight excluding hydrogens is 1070 g/mol. The van der Waals surface area contributed by atoms with E-state index in [9.17, 15) is 32.7 Å². The summed E-state index contributed by atoms with van der Waals surface area (Å²) in [5.41, 5.74) is 7.18. The third-order valence-corrected chi connectivity index (χ3v) is 17.2. The van der Waals surface area contributed by atoms with E-state index in [-0.39, 0.29) is 70.4 Å². The molecule has 2 aliphatic heterocycles. The summed E-state index contributed by atoms with van der Waals surface area (Å²) in [5, 5.41) is 21.7. The number of carbonyl (C=O) groups excluding carboxylic acids is 3. The molecule has 81 heavy (non-hydrogen) atoms. The lowest BCUT2D eigenvalue weighted by atomic mass is 10.0. The van der Waals surface area contributed by atoms with Crippen LogP contribution in [0.25, 0.3) is 32.6 Å². The first-order valence-corrected chi connectivity index (χ1v) is 29.3. The number of ether oxygens (including phenoxy) is 2. The summed E-state index contributed by atoms with van der Waals surface area (Å²) in [6, 6.07) is 25.4. The van der Waals surface area contributed by atoms with E-state index in [2.05, 4.69) is 35.3 Å². The number of hydrogen-bond acceptors (Lipinski definition) is 14. The number of aliphatic hydroxyl groups is 1. The number of likely N-dealkylation sites (tertiary alicyclic amines) is 1. The van der Waals surface area contributed by atoms with Crippen LogP contribution < -0.4 is 35.4 Å². The molecule has 4 N–H and O–H groups in total. The number of β-amino-alcohol motifs (C(OH)–C–C–N with tert-alkyl or cyclic N) is 1. The van der Waals surface area contributed by atoms with Crippen LogP contribution in [0, 0.1) is 12.8 Å². The van der Waals surface area contributed by atoms with Crippen LogP contribution in [0.3, 0.4) is 0 Å². The molecule has 0 spiro atoms. The summed E-state index contributed by atoms with van der Waals surface area (Å²) < 4.78 is 47.5. The lowest BCUT2D eigenvalue weighted by molar-refractivity contribution is -0.142. The quantitative estimate of drug-likeness (QED) is 0.0601. The Bertz CT molecular complexity index is 3820. The Balaban J connectivity index is 0.782. The smallest absolute Gasteiger partial charge is 0.328 e. The zero-order valence-electron chi connectivity index (χ0n) is 46.1. The Labute approximate surface area is 473 Å². The van der Waals surface area contributed by atoms with Crippen molar-refractivity contribution in [2.45, 2.75) is 89.0 Å². The predicted molar refractivity (Wildman–Crippen MR) is 310 cm³/mol. The molecule has 10 rings (SSSR count). The van der Waals surface area contributed by atoms with Gasteiger partial charge >= 0.3 is 5.69 Å². The summed E-state index contributed by atoms with van der Waals surface area (Å²) in [5.74, 6) is 0.456. The zero-order chi connectivity index (χ0) is 57.3. The molecular formula is C59H65N11O9S2. The number of rotatable bonds is 19. The van der Waals surface area contributed by atoms with Crippen molar-refractivity contribution in [2.75, 3.05) is 35.9 Å². The van der Waals surface area contributed by atoms with Gasteiger partial charge in [0.1, 0.15) is 29.4 Å². The van der Waals surface area contributed by atoms with Crippen LogP contribution in [0.15, 0.2) is 131 Å². The van der Waals surface area contributed by atoms with Crippen molar-refractivity contribution in [3.05, 3.63) is 148 Å². The first-order valence-electron chi connectivity index (χ1n) is 26.9. The molecule has 5 atom stereocenters. The van der Waals surface area contributed by atoms with Crippen molar-refractivity contribution in [2.24, 2.45) is 20.0 Å². The Hall–Kier alpha value is -8.34. The number of carbonyl (C=O) groups is 3. The molecule has 3 amide bonds. The lowest BCUT2D eigenvalue weighted by Crippen LogP contribution is -2.49. The maximum absolute atomic E-state index is 14.5. The predicted octanol–water partition coefficient (Wildman–Crippen LogP) is 7.99. The average Bonchev–Trinajstić information content (AvgIpc) is 4.45. The van der Waals surface area contributed by atoms with E-state index in [0.717, 1.165) is 39.2 Å². The van der Waals surface area contributed by atoms with Gasteiger partial charge in [-0.3, -0.25) is 32.9 Å². The average molecular weight is 1140 g/mol. The molecule has 0 radical (unpaired) electrons. The van der Waals surface area contributed by atoms with Gasteiger partial charge in [0.15, 0.2) is 5.75 Å². The van der Waals surface area contributed by atoms with Crippen LogP contribution in [0.4, 0.5) is 11.5 Å². The first-order chi connectivity index (χ1) is 38.8. The van der Waals surface area contributed by atoms with Gasteiger partial charge in [-0.15, -0.1) is 11.3 Å². The third-order valence-electron chi connectivity index (χ3n) is 14.9. The molecule has 22 heteroatoms. The number of sulfonamides is 1. The Morgan fingerprint density at radius 1 is 0.877 bits per heavy atom. The largest absolute Gasteiger partial charge is 0.493 e. The number of aromatic nitrogens is 6. The van der Waals surface area contributed by atoms with Crippen LogP contribution in [0.5, 0.6) is 17.2 Å². The highest BCUT2D eigenvalue weighted by Gasteiger charge is 2.43. The van der Waals surface area contributed by atoms with E-state index >= 15 is 0 Å². The topological polar surface area (TPSA) is 237 Å². The number of anilines is 2. The fourth-order valence-electron chi connectivity index (χ4n) is 10.5. The van der Waals surface area contributed by atoms with E-state index in [1.807, 2.05) is 82.7 Å². The third kappa shape index (κ3) is 11.9. The van der Waals surface area contributed by atoms with Crippen LogP contribution in [0.1, 0.15) is 80.7 Å². The van der Waals surface area contributed by atoms with Crippen molar-refractivity contribution in [1.82, 2.24) is 44.4 Å². The van der Waals surface area contributed by atoms with Gasteiger partial charge in [0, 0.05) is 81.8 Å². The SMILES string of the molecule is CCCOc1cccc(Oc2cc3c(cc2NS(=O)(=O)c2cccc(C(=O)N[C@H]4CCN(c5cc(-c6cnn(C(C(=O)N7C[C@H](O)C[C@H]7C(=O)N[C@@H](C)c7ccc(-c8scnc8C)cc7)C(C)C)c6)ccn5)C4)c2)n(C)c(=O)n3C)c1. The van der Waals surface area contributed by atoms with Crippen molar-refractivity contribution >= 4 is 61.6 Å². The fourth-order valence-corrected chi connectivity index (χ4v) is 12.4. The van der Waals surface area contributed by atoms with Gasteiger partial charge in [-0.05, 0) is 97.8 Å². The van der Waals surface area contributed by atoms with Crippen LogP contribution in [0.2, 0.25) is 0 Å². The molecule has 8 aromatic rings. The summed E-state index contributed by atoms with van der Waals surface area (Å²) in [7, 11) is -1.10. The van der Waals surface area contributed by atoms with E-state index in [1.165, 1.54) is 32.2 Å². The van der Waals surface area contributed by atoms with Crippen molar-refractivity contribution in [3.63, 3.8) is 0 Å². The summed E-state index contributed by atoms with van der Waals surface area (Å²) in [6.45, 7) is 11.2. The number of benzene rings is 4. The highest BCUT2D eigenvalue weighted by molar-refractivity contribution is 7.92. The molecule has 0 saturated carbocycles. The minimum atomic E-state index is -4.33. The van der Waals surface area contributed by atoms with Crippen LogP contribution >= 0.6 is 11.3 Å². The number of amides is 3. The highest BCUT2D eigenvalue weighted by atomic mass is 32.2. The number of pyridine rings is 1. The second kappa shape index (κ2) is 23.4. The van der Waals surface area contributed by atoms with Gasteiger partial charge in [0.05, 0.1) is 62.6 Å². The van der Waals surface area contributed by atoms with E-state index < -0.39 is 34.1 Å². The molecule has 422 valence electrons. The number of aryl methyl sites for hydroxylation is 3. The van der Waals surface area contributed by atoms with E-state index in [4.69, 9.17) is 9.47 Å². The molecule has 0 aliphatic carbocycles. The highest BCUT2D eigenvalue weighted by Crippen LogP contribution is 2.37. The molecule has 6 heterocycles. The van der Waals surface area contributed by atoms with Crippen molar-refractivity contribution in [3.8, 4) is 38.8 Å². The maximum atomic E-state index is 14.5. The van der Waals surface area contributed by atoms with Gasteiger partial charge in [0.25, 0.3) is 15.9 Å². The van der Waals surface area contributed by atoms with Crippen LogP contribution in [-0.2, 0) is 33.7 Å². The normalized spacial score (nSPS) is 17.1. The monoisotopic (exact) mass is 1140 g/mol. The van der Waals surface area contributed by atoms with Gasteiger partial charge in [-0.1, -0.05) is 57.2 Å². The second-order valence-electron chi connectivity index (χ2n) is 21.0. The minimum Gasteiger partial charge on any atom is -0.493 e. The zero-order valence-corrected chi connectivity index (χ0v) is 47.7. The van der Waals surface area contributed by atoms with Crippen molar-refractivity contribution in [1.29, 1.82) is 0 Å². The summed E-state index contributed by atoms with van der Waals surface area (Å²) >= 11 is 1.57. The number of aliphatic hydroxyl groups excluding tert-OH is 1. The van der Waals surface area contributed by atoms with E-state index in [0.29, 0.717) is 54.5 Å². The molecule has 2 fully saturated rings. The molecule has 0 bridgehead atoms. The van der Waals surface area contributed by atoms with E-state index in [1.54, 1.807) is 85.0 Å². The maximum Gasteiger partial charge on any atom is 0.328 e. The number of imidazole rings is 1. The van der Waals surface area contributed by atoms with Crippen LogP contribution in [-0.4, -0.2) is 109 Å². The van der Waals surface area contributed by atoms with Gasteiger partial charge in [-0.2, -0.15) is 5.10 Å². The number of fused-ring (bicyclic) bond motifs is 1. The molecule has 1 unspecified atom stereocenters. The number of nitrogens with one attached hydrogen (secondary N) is 3. The Kier molecular flexibility index (Phi) is 16.2. The molecule has 2 saturated heterocycles. The minimum absolute atomic E-state index is 0.0184. The summed E-state index contributed by atoms with van der Waals surface area (Å²) in [6.07, 6.45) is 5.84. The Morgan fingerprint density at radius 3 is 2.37 bits per heavy atom. The second-order valence-corrected chi connectivity index (χ2v) is 23.6. The molecule has 4 aromatic carbocycles. The number of thiazole rings is 1.